The van der Waals surface area contributed by atoms with Gasteiger partial charge in [0.1, 0.15) is 0 Å². The van der Waals surface area contributed by atoms with Gasteiger partial charge in [0.05, 0.1) is 0 Å². The Bertz CT molecular complexity index is 619. The molecule has 1 aliphatic rings. The van der Waals surface area contributed by atoms with Gasteiger partial charge in [0.15, 0.2) is 0 Å². The molecule has 0 atom stereocenters. The third kappa shape index (κ3) is 2.10. The van der Waals surface area contributed by atoms with Crippen LogP contribution < -0.4 is 0 Å². The zero-order chi connectivity index (χ0) is 11.8. The van der Waals surface area contributed by atoms with Crippen LogP contribution in [0.15, 0.2) is 29.4 Å². The van der Waals surface area contributed by atoms with Gasteiger partial charge >= 0.3 is 112 Å². The van der Waals surface area contributed by atoms with Crippen LogP contribution in [0.25, 0.3) is 11.4 Å². The van der Waals surface area contributed by atoms with Gasteiger partial charge in [-0.1, -0.05) is 0 Å². The van der Waals surface area contributed by atoms with Crippen LogP contribution in [0.1, 0.15) is 5.56 Å². The molecule has 0 bridgehead atoms. The van der Waals surface area contributed by atoms with Gasteiger partial charge in [-0.2, -0.15) is 0 Å². The van der Waals surface area contributed by atoms with Crippen molar-refractivity contribution in [3.05, 3.63) is 34.2 Å². The molecule has 5 heteroatoms. The van der Waals surface area contributed by atoms with Gasteiger partial charge in [0, 0.05) is 0 Å². The van der Waals surface area contributed by atoms with E-state index in [0.717, 1.165) is 33.2 Å². The van der Waals surface area contributed by atoms with Crippen LogP contribution in [0.3, 0.4) is 0 Å². The van der Waals surface area contributed by atoms with Crippen molar-refractivity contribution in [2.24, 2.45) is 0 Å². The second-order valence-corrected chi connectivity index (χ2v) is 5.81. The fourth-order valence-electron chi connectivity index (χ4n) is 1.77. The number of fused-ring (bicyclic) bond motifs is 1. The summed E-state index contributed by atoms with van der Waals surface area (Å²) in [6, 6.07) is 8.32. The SMILES string of the molecule is Cc1ccc(-c2nc3n(c(=[Se])n2)CCS3)cc1. The summed E-state index contributed by atoms with van der Waals surface area (Å²) in [5.74, 6) is 1.89. The summed E-state index contributed by atoms with van der Waals surface area (Å²) in [6.45, 7) is 3.08. The average Bonchev–Trinajstić information content (AvgIpc) is 2.78. The van der Waals surface area contributed by atoms with Crippen molar-refractivity contribution in [1.29, 1.82) is 0 Å². The maximum absolute atomic E-state index is 4.61. The molecule has 0 radical (unpaired) electrons. The minimum absolute atomic E-state index is 0.805. The first-order valence-electron chi connectivity index (χ1n) is 5.43. The van der Waals surface area contributed by atoms with Crippen LogP contribution >= 0.6 is 11.8 Å². The molecule has 0 amide bonds. The van der Waals surface area contributed by atoms with Gasteiger partial charge in [0.25, 0.3) is 0 Å². The van der Waals surface area contributed by atoms with E-state index in [1.54, 1.807) is 11.8 Å². The van der Waals surface area contributed by atoms with Crippen LogP contribution in [-0.2, 0) is 6.54 Å². The van der Waals surface area contributed by atoms with Gasteiger partial charge in [0.2, 0.25) is 0 Å². The van der Waals surface area contributed by atoms with Gasteiger partial charge < -0.3 is 0 Å². The van der Waals surface area contributed by atoms with Gasteiger partial charge in [-0.3, -0.25) is 0 Å². The van der Waals surface area contributed by atoms with E-state index in [0.29, 0.717) is 0 Å². The number of nitrogens with zero attached hydrogens (tertiary/aromatic N) is 3. The zero-order valence-corrected chi connectivity index (χ0v) is 11.9. The van der Waals surface area contributed by atoms with E-state index >= 15 is 0 Å². The van der Waals surface area contributed by atoms with Crippen LogP contribution in [-0.4, -0.2) is 35.9 Å². The molecule has 17 heavy (non-hydrogen) atoms. The summed E-state index contributed by atoms with van der Waals surface area (Å²) >= 11 is 4.81. The normalized spacial score (nSPS) is 13.7. The van der Waals surface area contributed by atoms with E-state index in [-0.39, 0.29) is 0 Å². The minimum atomic E-state index is 0.805. The number of aryl methyl sites for hydroxylation is 1. The second-order valence-electron chi connectivity index (χ2n) is 3.98. The maximum atomic E-state index is 4.61. The van der Waals surface area contributed by atoms with E-state index in [9.17, 15) is 0 Å². The molecular formula is C12H11N3SSe. The molecule has 1 aliphatic heterocycles. The van der Waals surface area contributed by atoms with Crippen LogP contribution in [0.5, 0.6) is 0 Å². The van der Waals surface area contributed by atoms with E-state index in [1.807, 2.05) is 0 Å². The Labute approximate surface area is 112 Å². The fraction of sp³-hybridized carbons (Fsp3) is 0.250. The van der Waals surface area contributed by atoms with Crippen molar-refractivity contribution in [1.82, 2.24) is 14.5 Å². The third-order valence-corrected chi connectivity index (χ3v) is 4.33. The molecule has 86 valence electrons. The van der Waals surface area contributed by atoms with Crippen molar-refractivity contribution in [2.45, 2.75) is 18.6 Å². The Morgan fingerprint density at radius 1 is 1.24 bits per heavy atom. The van der Waals surface area contributed by atoms with Crippen molar-refractivity contribution < 1.29 is 0 Å². The van der Waals surface area contributed by atoms with Crippen molar-refractivity contribution >= 4 is 27.3 Å². The van der Waals surface area contributed by atoms with Crippen LogP contribution in [0.4, 0.5) is 0 Å². The first-order valence-corrected chi connectivity index (χ1v) is 7.27. The zero-order valence-electron chi connectivity index (χ0n) is 9.38. The average molecular weight is 308 g/mol. The molecule has 0 aliphatic carbocycles. The van der Waals surface area contributed by atoms with Crippen molar-refractivity contribution in [3.63, 3.8) is 0 Å². The van der Waals surface area contributed by atoms with E-state index in [2.05, 4.69) is 61.3 Å². The summed E-state index contributed by atoms with van der Waals surface area (Å²) in [5, 5.41) is 1.06. The van der Waals surface area contributed by atoms with E-state index < -0.39 is 0 Å². The summed E-state index contributed by atoms with van der Waals surface area (Å²) in [6.07, 6.45) is 0. The summed E-state index contributed by atoms with van der Waals surface area (Å²) in [5.41, 5.74) is 2.32. The molecule has 1 aromatic heterocycles. The van der Waals surface area contributed by atoms with E-state index in [4.69, 9.17) is 0 Å². The Balaban J connectivity index is 2.13. The molecule has 0 saturated carbocycles. The monoisotopic (exact) mass is 309 g/mol. The predicted molar refractivity (Wildman–Crippen MR) is 69.9 cm³/mol. The molecule has 3 nitrogen and oxygen atoms in total. The van der Waals surface area contributed by atoms with E-state index in [1.165, 1.54) is 5.56 Å². The number of rotatable bonds is 1. The molecular weight excluding hydrogens is 297 g/mol. The molecule has 0 saturated heterocycles. The van der Waals surface area contributed by atoms with Crippen molar-refractivity contribution in [2.75, 3.05) is 5.75 Å². The Hall–Kier alpha value is -0.901. The summed E-state index contributed by atoms with van der Waals surface area (Å²) in [7, 11) is 0. The third-order valence-electron chi connectivity index (χ3n) is 2.72. The topological polar surface area (TPSA) is 30.7 Å². The van der Waals surface area contributed by atoms with Gasteiger partial charge in [-0.05, 0) is 0 Å². The van der Waals surface area contributed by atoms with Crippen LogP contribution in [0, 0.1) is 11.2 Å². The summed E-state index contributed by atoms with van der Waals surface area (Å²) in [4.78, 5) is 9.14. The number of hydrogen-bond acceptors (Lipinski definition) is 3. The molecule has 2 aromatic rings. The molecule has 0 fully saturated rings. The standard InChI is InChI=1S/C12H11N3SSe/c1-8-2-4-9(5-3-8)10-13-11-15(6-7-16-11)12(17)14-10/h2-5H,6-7H2,1H3. The molecule has 0 N–H and O–H groups in total. The number of aromatic nitrogens is 3. The van der Waals surface area contributed by atoms with Crippen molar-refractivity contribution in [3.8, 4) is 11.4 Å². The molecule has 0 spiro atoms. The fourth-order valence-corrected chi connectivity index (χ4v) is 3.40. The molecule has 0 unspecified atom stereocenters. The van der Waals surface area contributed by atoms with Crippen LogP contribution in [0.2, 0.25) is 0 Å². The Morgan fingerprint density at radius 2 is 2.00 bits per heavy atom. The molecule has 3 rings (SSSR count). The first-order chi connectivity index (χ1) is 8.24. The Kier molecular flexibility index (Phi) is 2.90. The van der Waals surface area contributed by atoms with Gasteiger partial charge in [-0.15, -0.1) is 0 Å². The molecule has 1 aromatic carbocycles. The predicted octanol–water partition coefficient (Wildman–Crippen LogP) is 2.06. The number of benzene rings is 1. The number of hydrogen-bond donors (Lipinski definition) is 0. The summed E-state index contributed by atoms with van der Waals surface area (Å²) < 4.78 is 3.05. The van der Waals surface area contributed by atoms with Gasteiger partial charge in [-0.25, -0.2) is 0 Å². The quantitative estimate of drug-likeness (QED) is 0.756. The number of thioether (sulfide) groups is 1. The Morgan fingerprint density at radius 3 is 2.76 bits per heavy atom. The first kappa shape index (κ1) is 11.2. The molecule has 2 heterocycles. The second kappa shape index (κ2) is 4.41.